The van der Waals surface area contributed by atoms with E-state index in [2.05, 4.69) is 24.1 Å². The highest BCUT2D eigenvalue weighted by molar-refractivity contribution is 6.30. The molecule has 0 aliphatic heterocycles. The van der Waals surface area contributed by atoms with Gasteiger partial charge in [0.25, 0.3) is 0 Å². The topological polar surface area (TPSA) is 12.0 Å². The lowest BCUT2D eigenvalue weighted by molar-refractivity contribution is 0.473. The first kappa shape index (κ1) is 16.0. The molecule has 0 aromatic heterocycles. The minimum absolute atomic E-state index is 0.195. The maximum Gasteiger partial charge on any atom is 0.145 e. The van der Waals surface area contributed by atoms with Crippen molar-refractivity contribution in [3.05, 3.63) is 34.6 Å². The molecule has 0 heterocycles. The van der Waals surface area contributed by atoms with Crippen molar-refractivity contribution >= 4 is 11.6 Å². The molecule has 0 spiro atoms. The summed E-state index contributed by atoms with van der Waals surface area (Å²) in [6.45, 7) is 4.90. The third-order valence-electron chi connectivity index (χ3n) is 2.98. The van der Waals surface area contributed by atoms with Gasteiger partial charge in [0.05, 0.1) is 5.02 Å². The van der Waals surface area contributed by atoms with Gasteiger partial charge in [-0.1, -0.05) is 30.7 Å². The summed E-state index contributed by atoms with van der Waals surface area (Å²) >= 11 is 5.81. The second-order valence-corrected chi connectivity index (χ2v) is 4.94. The normalized spacial score (nSPS) is 11.8. The second-order valence-electron chi connectivity index (χ2n) is 4.53. The van der Waals surface area contributed by atoms with Crippen molar-refractivity contribution in [2.45, 2.75) is 45.6 Å². The highest BCUT2D eigenvalue weighted by Gasteiger charge is 2.13. The van der Waals surface area contributed by atoms with Crippen molar-refractivity contribution < 1.29 is 4.39 Å². The third kappa shape index (κ3) is 5.63. The van der Waals surface area contributed by atoms with Crippen LogP contribution in [0.4, 0.5) is 4.39 Å². The highest BCUT2D eigenvalue weighted by Crippen LogP contribution is 2.19. The molecule has 104 valence electrons. The molecular formula is C16H21ClFN. The van der Waals surface area contributed by atoms with E-state index in [-0.39, 0.29) is 16.9 Å². The zero-order chi connectivity index (χ0) is 14.1. The lowest BCUT2D eigenvalue weighted by Gasteiger charge is -2.18. The van der Waals surface area contributed by atoms with Gasteiger partial charge in [-0.15, -0.1) is 11.8 Å². The molecule has 3 heteroatoms. The summed E-state index contributed by atoms with van der Waals surface area (Å²) in [5.41, 5.74) is 0.672. The van der Waals surface area contributed by atoms with E-state index >= 15 is 0 Å². The summed E-state index contributed by atoms with van der Waals surface area (Å²) in [5, 5.41) is 3.64. The van der Waals surface area contributed by atoms with Crippen molar-refractivity contribution in [1.82, 2.24) is 5.32 Å². The average Bonchev–Trinajstić information content (AvgIpc) is 2.41. The largest absolute Gasteiger partial charge is 0.314 e. The van der Waals surface area contributed by atoms with Crippen molar-refractivity contribution in [3.8, 4) is 11.8 Å². The number of rotatable bonds is 7. The van der Waals surface area contributed by atoms with E-state index in [0.717, 1.165) is 25.8 Å². The van der Waals surface area contributed by atoms with Crippen molar-refractivity contribution in [2.24, 2.45) is 0 Å². The minimum Gasteiger partial charge on any atom is -0.314 e. The number of halogens is 2. The molecule has 19 heavy (non-hydrogen) atoms. The van der Waals surface area contributed by atoms with Crippen molar-refractivity contribution in [3.63, 3.8) is 0 Å². The Labute approximate surface area is 120 Å². The van der Waals surface area contributed by atoms with E-state index < -0.39 is 0 Å². The van der Waals surface area contributed by atoms with E-state index in [0.29, 0.717) is 12.0 Å². The Morgan fingerprint density at radius 1 is 1.42 bits per heavy atom. The van der Waals surface area contributed by atoms with E-state index in [1.807, 2.05) is 6.92 Å². The minimum atomic E-state index is -0.297. The van der Waals surface area contributed by atoms with Gasteiger partial charge >= 0.3 is 0 Å². The summed E-state index contributed by atoms with van der Waals surface area (Å²) in [7, 11) is 0. The SMILES string of the molecule is CC#CCCC(Cc1cccc(Cl)c1F)NCCC. The van der Waals surface area contributed by atoms with Gasteiger partial charge in [-0.05, 0) is 44.4 Å². The second kappa shape index (κ2) is 8.96. The van der Waals surface area contributed by atoms with Gasteiger partial charge in [0.1, 0.15) is 5.82 Å². The van der Waals surface area contributed by atoms with Crippen LogP contribution in [-0.4, -0.2) is 12.6 Å². The quantitative estimate of drug-likeness (QED) is 0.739. The molecule has 1 N–H and O–H groups in total. The summed E-state index contributed by atoms with van der Waals surface area (Å²) in [5.74, 6) is 5.65. The Bertz CT molecular complexity index is 448. The summed E-state index contributed by atoms with van der Waals surface area (Å²) in [4.78, 5) is 0. The van der Waals surface area contributed by atoms with Crippen molar-refractivity contribution in [1.29, 1.82) is 0 Å². The molecule has 0 amide bonds. The number of benzene rings is 1. The summed E-state index contributed by atoms with van der Waals surface area (Å²) in [6.07, 6.45) is 3.47. The maximum absolute atomic E-state index is 13.9. The zero-order valence-electron chi connectivity index (χ0n) is 11.6. The van der Waals surface area contributed by atoms with Gasteiger partial charge in [0.2, 0.25) is 0 Å². The molecule has 0 aliphatic carbocycles. The standard InChI is InChI=1S/C16H21ClFN/c1-3-5-6-9-14(19-11-4-2)12-13-8-7-10-15(17)16(13)18/h7-8,10,14,19H,4,6,9,11-12H2,1-2H3. The number of nitrogens with one attached hydrogen (secondary N) is 1. The van der Waals surface area contributed by atoms with Crippen LogP contribution in [0.15, 0.2) is 18.2 Å². The highest BCUT2D eigenvalue weighted by atomic mass is 35.5. The fourth-order valence-corrected chi connectivity index (χ4v) is 2.16. The van der Waals surface area contributed by atoms with E-state index in [4.69, 9.17) is 11.6 Å². The molecule has 0 saturated heterocycles. The fourth-order valence-electron chi connectivity index (χ4n) is 1.97. The van der Waals surface area contributed by atoms with Gasteiger partial charge in [-0.2, -0.15) is 0 Å². The van der Waals surface area contributed by atoms with E-state index in [9.17, 15) is 4.39 Å². The monoisotopic (exact) mass is 281 g/mol. The van der Waals surface area contributed by atoms with Crippen LogP contribution in [0.5, 0.6) is 0 Å². The number of hydrogen-bond acceptors (Lipinski definition) is 1. The molecule has 0 saturated carbocycles. The molecule has 1 aromatic carbocycles. The maximum atomic E-state index is 13.9. The van der Waals surface area contributed by atoms with Gasteiger partial charge in [0.15, 0.2) is 0 Å². The molecule has 0 fully saturated rings. The Hall–Kier alpha value is -1.04. The van der Waals surface area contributed by atoms with Crippen molar-refractivity contribution in [2.75, 3.05) is 6.54 Å². The molecule has 1 rings (SSSR count). The van der Waals surface area contributed by atoms with Crippen LogP contribution < -0.4 is 5.32 Å². The average molecular weight is 282 g/mol. The Morgan fingerprint density at radius 3 is 2.89 bits per heavy atom. The lowest BCUT2D eigenvalue weighted by atomic mass is 10.0. The molecular weight excluding hydrogens is 261 g/mol. The molecule has 1 aromatic rings. The molecule has 1 atom stereocenters. The molecule has 0 radical (unpaired) electrons. The molecule has 1 nitrogen and oxygen atoms in total. The van der Waals surface area contributed by atoms with Gasteiger partial charge < -0.3 is 5.32 Å². The smallest absolute Gasteiger partial charge is 0.145 e. The van der Waals surface area contributed by atoms with Crippen LogP contribution in [-0.2, 0) is 6.42 Å². The lowest BCUT2D eigenvalue weighted by Crippen LogP contribution is -2.32. The van der Waals surface area contributed by atoms with Crippen LogP contribution >= 0.6 is 11.6 Å². The molecule has 0 bridgehead atoms. The van der Waals surface area contributed by atoms with E-state index in [1.165, 1.54) is 0 Å². The van der Waals surface area contributed by atoms with Crippen LogP contribution in [0.1, 0.15) is 38.7 Å². The first-order valence-corrected chi connectivity index (χ1v) is 7.12. The summed E-state index contributed by atoms with van der Waals surface area (Å²) < 4.78 is 13.9. The zero-order valence-corrected chi connectivity index (χ0v) is 12.4. The van der Waals surface area contributed by atoms with Crippen LogP contribution in [0.3, 0.4) is 0 Å². The Kier molecular flexibility index (Phi) is 7.55. The Balaban J connectivity index is 2.68. The van der Waals surface area contributed by atoms with Gasteiger partial charge in [-0.3, -0.25) is 0 Å². The molecule has 1 unspecified atom stereocenters. The Morgan fingerprint density at radius 2 is 2.21 bits per heavy atom. The van der Waals surface area contributed by atoms with E-state index in [1.54, 1.807) is 18.2 Å². The van der Waals surface area contributed by atoms with Gasteiger partial charge in [0, 0.05) is 12.5 Å². The third-order valence-corrected chi connectivity index (χ3v) is 3.27. The predicted molar refractivity (Wildman–Crippen MR) is 79.9 cm³/mol. The first-order valence-electron chi connectivity index (χ1n) is 6.74. The predicted octanol–water partition coefficient (Wildman–Crippen LogP) is 4.19. The summed E-state index contributed by atoms with van der Waals surface area (Å²) in [6, 6.07) is 5.42. The van der Waals surface area contributed by atoms with Crippen LogP contribution in [0.2, 0.25) is 5.02 Å². The molecule has 0 aliphatic rings. The van der Waals surface area contributed by atoms with Gasteiger partial charge in [-0.25, -0.2) is 4.39 Å². The first-order chi connectivity index (χ1) is 9.19. The fraction of sp³-hybridized carbons (Fsp3) is 0.500. The number of hydrogen-bond donors (Lipinski definition) is 1. The van der Waals surface area contributed by atoms with Crippen LogP contribution in [0.25, 0.3) is 0 Å². The van der Waals surface area contributed by atoms with Crippen LogP contribution in [0, 0.1) is 17.7 Å².